The first-order valence-corrected chi connectivity index (χ1v) is 11.3. The van der Waals surface area contributed by atoms with Crippen LogP contribution in [0.15, 0.2) is 12.4 Å². The first-order chi connectivity index (χ1) is 16.7. The quantitative estimate of drug-likeness (QED) is 0.573. The minimum atomic E-state index is -5.08. The van der Waals surface area contributed by atoms with Crippen molar-refractivity contribution in [2.75, 3.05) is 32.8 Å². The molecule has 3 fully saturated rings. The van der Waals surface area contributed by atoms with E-state index in [2.05, 4.69) is 21.1 Å². The molecule has 0 spiro atoms. The standard InChI is InChI=1S/C17H28N4O.2C2HF3O2/c1-19-10-14(9-18-19)11-20-12-15-5-4-8-22-17(15)16(13-20)21-6-2-3-7-21;2*3-2(4,5)1(6)7/h9-10,15-17H,2-8,11-13H2,1H3;2*(H,6,7)/t15-,16+,17-;;/m0../s1. The zero-order chi connectivity index (χ0) is 27.1. The third kappa shape index (κ3) is 9.24. The molecule has 3 aliphatic heterocycles. The third-order valence-corrected chi connectivity index (χ3v) is 6.07. The molecule has 0 saturated carbocycles. The van der Waals surface area contributed by atoms with Crippen LogP contribution in [0.2, 0.25) is 0 Å². The van der Waals surface area contributed by atoms with Gasteiger partial charge in [0, 0.05) is 51.1 Å². The van der Waals surface area contributed by atoms with Crippen molar-refractivity contribution in [3.8, 4) is 0 Å². The molecule has 0 aromatic carbocycles. The van der Waals surface area contributed by atoms with Gasteiger partial charge in [0.1, 0.15) is 0 Å². The molecular formula is C21H30F6N4O5. The van der Waals surface area contributed by atoms with Crippen LogP contribution in [0.25, 0.3) is 0 Å². The van der Waals surface area contributed by atoms with Crippen LogP contribution in [-0.4, -0.2) is 99.0 Å². The van der Waals surface area contributed by atoms with Crippen molar-refractivity contribution in [1.29, 1.82) is 0 Å². The second-order valence-corrected chi connectivity index (χ2v) is 8.87. The van der Waals surface area contributed by atoms with Gasteiger partial charge in [-0.25, -0.2) is 9.59 Å². The third-order valence-electron chi connectivity index (χ3n) is 6.07. The van der Waals surface area contributed by atoms with E-state index in [0.717, 1.165) is 19.7 Å². The zero-order valence-corrected chi connectivity index (χ0v) is 19.6. The van der Waals surface area contributed by atoms with Crippen LogP contribution in [0, 0.1) is 5.92 Å². The molecule has 3 saturated heterocycles. The fraction of sp³-hybridized carbons (Fsp3) is 0.762. The number of hydrogen-bond donors (Lipinski definition) is 2. The largest absolute Gasteiger partial charge is 0.490 e. The number of rotatable bonds is 3. The Morgan fingerprint density at radius 2 is 1.58 bits per heavy atom. The van der Waals surface area contributed by atoms with Gasteiger partial charge in [0.15, 0.2) is 0 Å². The van der Waals surface area contributed by atoms with Gasteiger partial charge in [0.2, 0.25) is 0 Å². The van der Waals surface area contributed by atoms with E-state index in [4.69, 9.17) is 24.5 Å². The summed E-state index contributed by atoms with van der Waals surface area (Å²) in [6.45, 7) is 6.85. The summed E-state index contributed by atoms with van der Waals surface area (Å²) in [6, 6.07) is 0.596. The lowest BCUT2D eigenvalue weighted by Gasteiger charge is -2.48. The Kier molecular flexibility index (Phi) is 10.5. The first-order valence-electron chi connectivity index (χ1n) is 11.3. The van der Waals surface area contributed by atoms with E-state index in [1.807, 2.05) is 17.9 Å². The van der Waals surface area contributed by atoms with Crippen LogP contribution < -0.4 is 0 Å². The second-order valence-electron chi connectivity index (χ2n) is 8.87. The molecule has 0 unspecified atom stereocenters. The van der Waals surface area contributed by atoms with E-state index >= 15 is 0 Å². The van der Waals surface area contributed by atoms with Crippen LogP contribution >= 0.6 is 0 Å². The van der Waals surface area contributed by atoms with Crippen molar-refractivity contribution >= 4 is 11.9 Å². The molecular weight excluding hydrogens is 502 g/mol. The zero-order valence-electron chi connectivity index (χ0n) is 19.6. The van der Waals surface area contributed by atoms with Gasteiger partial charge in [-0.05, 0) is 44.7 Å². The molecule has 36 heavy (non-hydrogen) atoms. The topological polar surface area (TPSA) is 108 Å². The molecule has 4 rings (SSSR count). The predicted octanol–water partition coefficient (Wildman–Crippen LogP) is 2.76. The first kappa shape index (κ1) is 29.8. The molecule has 0 radical (unpaired) electrons. The highest BCUT2D eigenvalue weighted by Gasteiger charge is 2.42. The molecule has 3 atom stereocenters. The molecule has 0 bridgehead atoms. The van der Waals surface area contributed by atoms with E-state index < -0.39 is 24.3 Å². The Labute approximate surface area is 203 Å². The molecule has 0 aliphatic carbocycles. The van der Waals surface area contributed by atoms with E-state index in [0.29, 0.717) is 18.1 Å². The van der Waals surface area contributed by atoms with Gasteiger partial charge in [-0.2, -0.15) is 31.4 Å². The maximum atomic E-state index is 10.6. The Hall–Kier alpha value is -2.39. The molecule has 1 aromatic rings. The minimum absolute atomic E-state index is 0.469. The molecule has 2 N–H and O–H groups in total. The van der Waals surface area contributed by atoms with Gasteiger partial charge >= 0.3 is 24.3 Å². The highest BCUT2D eigenvalue weighted by atomic mass is 19.4. The maximum Gasteiger partial charge on any atom is 0.490 e. The van der Waals surface area contributed by atoms with Crippen molar-refractivity contribution in [3.05, 3.63) is 18.0 Å². The molecule has 4 heterocycles. The van der Waals surface area contributed by atoms with Crippen molar-refractivity contribution in [3.63, 3.8) is 0 Å². The number of hydrogen-bond acceptors (Lipinski definition) is 6. The van der Waals surface area contributed by atoms with Gasteiger partial charge in [-0.3, -0.25) is 14.5 Å². The van der Waals surface area contributed by atoms with Gasteiger partial charge in [-0.1, -0.05) is 0 Å². The highest BCUT2D eigenvalue weighted by Crippen LogP contribution is 2.33. The van der Waals surface area contributed by atoms with E-state index in [9.17, 15) is 26.3 Å². The van der Waals surface area contributed by atoms with Gasteiger partial charge in [-0.15, -0.1) is 0 Å². The monoisotopic (exact) mass is 532 g/mol. The Bertz CT molecular complexity index is 833. The van der Waals surface area contributed by atoms with E-state index in [-0.39, 0.29) is 0 Å². The summed E-state index contributed by atoms with van der Waals surface area (Å²) in [5, 5.41) is 18.6. The lowest BCUT2D eigenvalue weighted by atomic mass is 9.84. The van der Waals surface area contributed by atoms with E-state index in [1.54, 1.807) is 0 Å². The number of fused-ring (bicyclic) bond motifs is 1. The lowest BCUT2D eigenvalue weighted by molar-refractivity contribution is -0.193. The minimum Gasteiger partial charge on any atom is -0.475 e. The molecule has 0 amide bonds. The Morgan fingerprint density at radius 3 is 2.06 bits per heavy atom. The van der Waals surface area contributed by atoms with Gasteiger partial charge < -0.3 is 14.9 Å². The summed E-state index contributed by atoms with van der Waals surface area (Å²) in [5.41, 5.74) is 1.33. The van der Waals surface area contributed by atoms with Crippen molar-refractivity contribution in [1.82, 2.24) is 19.6 Å². The number of alkyl halides is 6. The fourth-order valence-electron chi connectivity index (χ4n) is 4.60. The Balaban J connectivity index is 0.000000271. The number of ether oxygens (including phenoxy) is 1. The number of aryl methyl sites for hydroxylation is 1. The van der Waals surface area contributed by atoms with Crippen LogP contribution in [-0.2, 0) is 27.9 Å². The summed E-state index contributed by atoms with van der Waals surface area (Å²) in [5.74, 6) is -4.80. The average molecular weight is 532 g/mol. The van der Waals surface area contributed by atoms with Crippen molar-refractivity contribution in [2.45, 2.75) is 56.7 Å². The number of nitrogens with zero attached hydrogens (tertiary/aromatic N) is 4. The smallest absolute Gasteiger partial charge is 0.475 e. The summed E-state index contributed by atoms with van der Waals surface area (Å²) in [6.07, 6.45) is -0.264. The predicted molar refractivity (Wildman–Crippen MR) is 113 cm³/mol. The normalized spacial score (nSPS) is 25.1. The number of aliphatic carboxylic acids is 2. The molecule has 1 aromatic heterocycles. The molecule has 15 heteroatoms. The molecule has 9 nitrogen and oxygen atoms in total. The van der Waals surface area contributed by atoms with Crippen LogP contribution in [0.1, 0.15) is 31.2 Å². The number of aromatic nitrogens is 2. The SMILES string of the molecule is Cn1cc(CN2C[C@@H]3CCCO[C@@H]3[C@H](N3CCCC3)C2)cn1.O=C(O)C(F)(F)F.O=C(O)C(F)(F)F. The number of carboxylic acids is 2. The number of carboxylic acid groups (broad SMARTS) is 2. The number of carbonyl (C=O) groups is 2. The second kappa shape index (κ2) is 12.7. The van der Waals surface area contributed by atoms with Crippen LogP contribution in [0.5, 0.6) is 0 Å². The summed E-state index contributed by atoms with van der Waals surface area (Å²) >= 11 is 0. The van der Waals surface area contributed by atoms with Crippen molar-refractivity contribution in [2.24, 2.45) is 13.0 Å². The summed E-state index contributed by atoms with van der Waals surface area (Å²) < 4.78 is 71.6. The number of likely N-dealkylation sites (tertiary alicyclic amines) is 2. The summed E-state index contributed by atoms with van der Waals surface area (Å²) in [7, 11) is 2.00. The van der Waals surface area contributed by atoms with E-state index in [1.165, 1.54) is 50.9 Å². The highest BCUT2D eigenvalue weighted by molar-refractivity contribution is 5.73. The fourth-order valence-corrected chi connectivity index (χ4v) is 4.60. The number of piperidine rings is 1. The molecule has 3 aliphatic rings. The number of halogens is 6. The van der Waals surface area contributed by atoms with Crippen molar-refractivity contribution < 1.29 is 50.9 Å². The molecule has 206 valence electrons. The lowest BCUT2D eigenvalue weighted by Crippen LogP contribution is -2.60. The maximum absolute atomic E-state index is 10.6. The van der Waals surface area contributed by atoms with Gasteiger partial charge in [0.25, 0.3) is 0 Å². The average Bonchev–Trinajstić information content (AvgIpc) is 3.45. The Morgan fingerprint density at radius 1 is 1.03 bits per heavy atom. The van der Waals surface area contributed by atoms with Gasteiger partial charge in [0.05, 0.1) is 12.3 Å². The van der Waals surface area contributed by atoms with Crippen LogP contribution in [0.4, 0.5) is 26.3 Å². The van der Waals surface area contributed by atoms with Crippen LogP contribution in [0.3, 0.4) is 0 Å². The summed E-state index contributed by atoms with van der Waals surface area (Å²) in [4.78, 5) is 23.1.